The Balaban J connectivity index is 2.20. The van der Waals surface area contributed by atoms with E-state index in [-0.39, 0.29) is 12.6 Å². The monoisotopic (exact) mass is 286 g/mol. The first-order valence-corrected chi connectivity index (χ1v) is 6.30. The Morgan fingerprint density at radius 1 is 1.30 bits per heavy atom. The predicted octanol–water partition coefficient (Wildman–Crippen LogP) is 3.18. The van der Waals surface area contributed by atoms with Crippen LogP contribution in [0.4, 0.5) is 13.2 Å². The zero-order valence-corrected chi connectivity index (χ0v) is 11.2. The Labute approximate surface area is 116 Å². The van der Waals surface area contributed by atoms with Gasteiger partial charge in [0.15, 0.2) is 0 Å². The lowest BCUT2D eigenvalue weighted by Gasteiger charge is -2.14. The molecule has 0 radical (unpaired) electrons. The zero-order chi connectivity index (χ0) is 15.0. The van der Waals surface area contributed by atoms with Gasteiger partial charge in [0.1, 0.15) is 6.61 Å². The third-order valence-electron chi connectivity index (χ3n) is 2.72. The van der Waals surface area contributed by atoms with E-state index in [0.717, 1.165) is 5.56 Å². The number of nitrogens with one attached hydrogen (secondary N) is 1. The van der Waals surface area contributed by atoms with Crippen molar-refractivity contribution in [3.63, 3.8) is 0 Å². The normalized spacial score (nSPS) is 12.9. The van der Waals surface area contributed by atoms with E-state index in [2.05, 4.69) is 10.1 Å². The van der Waals surface area contributed by atoms with Gasteiger partial charge in [-0.25, -0.2) is 0 Å². The maximum absolute atomic E-state index is 11.8. The van der Waals surface area contributed by atoms with Crippen molar-refractivity contribution in [3.05, 3.63) is 35.4 Å². The molecule has 3 nitrogen and oxygen atoms in total. The first kappa shape index (κ1) is 16.5. The van der Waals surface area contributed by atoms with Crippen LogP contribution in [0.25, 0.3) is 0 Å². The van der Waals surface area contributed by atoms with Gasteiger partial charge in [0, 0.05) is 12.6 Å². The first-order chi connectivity index (χ1) is 9.42. The molecule has 0 aliphatic rings. The van der Waals surface area contributed by atoms with Gasteiger partial charge >= 0.3 is 6.18 Å². The molecule has 1 N–H and O–H groups in total. The van der Waals surface area contributed by atoms with Crippen molar-refractivity contribution in [2.75, 3.05) is 19.8 Å². The molecule has 0 fully saturated rings. The summed E-state index contributed by atoms with van der Waals surface area (Å²) in [5, 5.41) is 11.9. The number of nitriles is 1. The maximum Gasteiger partial charge on any atom is 0.411 e. The molecule has 0 aromatic heterocycles. The molecule has 0 aliphatic carbocycles. The molecule has 6 heteroatoms. The van der Waals surface area contributed by atoms with Crippen molar-refractivity contribution in [1.82, 2.24) is 5.32 Å². The number of rotatable bonds is 7. The quantitative estimate of drug-likeness (QED) is 0.783. The minimum absolute atomic E-state index is 0.0744. The van der Waals surface area contributed by atoms with E-state index in [0.29, 0.717) is 18.5 Å². The van der Waals surface area contributed by atoms with Gasteiger partial charge in [-0.1, -0.05) is 12.1 Å². The Morgan fingerprint density at radius 3 is 2.50 bits per heavy atom. The van der Waals surface area contributed by atoms with E-state index in [9.17, 15) is 13.2 Å². The molecule has 20 heavy (non-hydrogen) atoms. The van der Waals surface area contributed by atoms with Gasteiger partial charge < -0.3 is 10.1 Å². The molecular weight excluding hydrogens is 269 g/mol. The number of nitrogens with zero attached hydrogens (tertiary/aromatic N) is 1. The van der Waals surface area contributed by atoms with E-state index >= 15 is 0 Å². The standard InChI is InChI=1S/C14H17F3N2O/c1-11(13-5-3-12(9-18)4-6-13)19-7-2-8-20-10-14(15,16)17/h3-6,11,19H,2,7-8,10H2,1H3. The number of benzene rings is 1. The van der Waals surface area contributed by atoms with Crippen molar-refractivity contribution in [2.45, 2.75) is 25.6 Å². The second-order valence-electron chi connectivity index (χ2n) is 4.43. The minimum Gasteiger partial charge on any atom is -0.372 e. The van der Waals surface area contributed by atoms with Gasteiger partial charge in [-0.15, -0.1) is 0 Å². The van der Waals surface area contributed by atoms with Gasteiger partial charge in [-0.3, -0.25) is 0 Å². The molecule has 1 unspecified atom stereocenters. The summed E-state index contributed by atoms with van der Waals surface area (Å²) in [5.41, 5.74) is 1.63. The topological polar surface area (TPSA) is 45.0 Å². The highest BCUT2D eigenvalue weighted by Gasteiger charge is 2.27. The summed E-state index contributed by atoms with van der Waals surface area (Å²) >= 11 is 0. The van der Waals surface area contributed by atoms with Crippen LogP contribution in [0.1, 0.15) is 30.5 Å². The van der Waals surface area contributed by atoms with E-state index in [4.69, 9.17) is 5.26 Å². The van der Waals surface area contributed by atoms with Crippen LogP contribution in [0, 0.1) is 11.3 Å². The van der Waals surface area contributed by atoms with Crippen molar-refractivity contribution in [2.24, 2.45) is 0 Å². The van der Waals surface area contributed by atoms with Gasteiger partial charge in [-0.2, -0.15) is 18.4 Å². The predicted molar refractivity (Wildman–Crippen MR) is 69.1 cm³/mol. The summed E-state index contributed by atoms with van der Waals surface area (Å²) in [7, 11) is 0. The molecule has 0 saturated carbocycles. The Morgan fingerprint density at radius 2 is 1.95 bits per heavy atom. The third kappa shape index (κ3) is 6.55. The molecule has 0 spiro atoms. The summed E-state index contributed by atoms with van der Waals surface area (Å²) in [5.74, 6) is 0. The largest absolute Gasteiger partial charge is 0.411 e. The lowest BCUT2D eigenvalue weighted by molar-refractivity contribution is -0.173. The van der Waals surface area contributed by atoms with E-state index in [1.54, 1.807) is 12.1 Å². The van der Waals surface area contributed by atoms with E-state index < -0.39 is 12.8 Å². The zero-order valence-electron chi connectivity index (χ0n) is 11.2. The summed E-state index contributed by atoms with van der Waals surface area (Å²) in [6.45, 7) is 1.40. The smallest absolute Gasteiger partial charge is 0.372 e. The summed E-state index contributed by atoms with van der Waals surface area (Å²) < 4.78 is 40.0. The highest BCUT2D eigenvalue weighted by atomic mass is 19.4. The molecule has 1 aromatic rings. The molecule has 0 bridgehead atoms. The number of halogens is 3. The molecule has 110 valence electrons. The Bertz CT molecular complexity index is 437. The highest BCUT2D eigenvalue weighted by molar-refractivity contribution is 5.32. The van der Waals surface area contributed by atoms with Crippen molar-refractivity contribution in [3.8, 4) is 6.07 Å². The molecule has 0 saturated heterocycles. The van der Waals surface area contributed by atoms with Crippen LogP contribution in [0.3, 0.4) is 0 Å². The van der Waals surface area contributed by atoms with Gasteiger partial charge in [0.25, 0.3) is 0 Å². The van der Waals surface area contributed by atoms with Crippen molar-refractivity contribution >= 4 is 0 Å². The summed E-state index contributed by atoms with van der Waals surface area (Å²) in [6, 6.07) is 9.30. The minimum atomic E-state index is -4.26. The first-order valence-electron chi connectivity index (χ1n) is 6.30. The second kappa shape index (κ2) is 7.88. The summed E-state index contributed by atoms with van der Waals surface area (Å²) in [6.07, 6.45) is -3.75. The van der Waals surface area contributed by atoms with Crippen molar-refractivity contribution < 1.29 is 17.9 Å². The fourth-order valence-corrected chi connectivity index (χ4v) is 1.64. The maximum atomic E-state index is 11.8. The van der Waals surface area contributed by atoms with Gasteiger partial charge in [0.05, 0.1) is 11.6 Å². The fraction of sp³-hybridized carbons (Fsp3) is 0.500. The van der Waals surface area contributed by atoms with Gasteiger partial charge in [0.2, 0.25) is 0 Å². The SMILES string of the molecule is CC(NCCCOCC(F)(F)F)c1ccc(C#N)cc1. The summed E-state index contributed by atoms with van der Waals surface area (Å²) in [4.78, 5) is 0. The Kier molecular flexibility index (Phi) is 6.49. The lowest BCUT2D eigenvalue weighted by atomic mass is 10.1. The Hall–Kier alpha value is -1.58. The molecule has 1 rings (SSSR count). The van der Waals surface area contributed by atoms with E-state index in [1.165, 1.54) is 0 Å². The fourth-order valence-electron chi connectivity index (χ4n) is 1.64. The average molecular weight is 286 g/mol. The second-order valence-corrected chi connectivity index (χ2v) is 4.43. The van der Waals surface area contributed by atoms with Crippen LogP contribution in [-0.4, -0.2) is 25.9 Å². The molecule has 0 amide bonds. The van der Waals surface area contributed by atoms with Crippen LogP contribution in [-0.2, 0) is 4.74 Å². The van der Waals surface area contributed by atoms with Crippen LogP contribution >= 0.6 is 0 Å². The van der Waals surface area contributed by atoms with Gasteiger partial charge in [-0.05, 0) is 37.6 Å². The lowest BCUT2D eigenvalue weighted by Crippen LogP contribution is -2.22. The molecule has 1 aromatic carbocycles. The molecular formula is C14H17F3N2O. The van der Waals surface area contributed by atoms with Crippen LogP contribution in [0.15, 0.2) is 24.3 Å². The molecule has 0 heterocycles. The van der Waals surface area contributed by atoms with Crippen LogP contribution in [0.5, 0.6) is 0 Å². The van der Waals surface area contributed by atoms with Crippen molar-refractivity contribution in [1.29, 1.82) is 5.26 Å². The molecule has 0 aliphatic heterocycles. The van der Waals surface area contributed by atoms with E-state index in [1.807, 2.05) is 25.1 Å². The number of ether oxygens (including phenoxy) is 1. The number of hydrogen-bond acceptors (Lipinski definition) is 3. The number of alkyl halides is 3. The highest BCUT2D eigenvalue weighted by Crippen LogP contribution is 2.15. The van der Waals surface area contributed by atoms with Crippen LogP contribution in [0.2, 0.25) is 0 Å². The van der Waals surface area contributed by atoms with Crippen LogP contribution < -0.4 is 5.32 Å². The third-order valence-corrected chi connectivity index (χ3v) is 2.72. The number of hydrogen-bond donors (Lipinski definition) is 1. The average Bonchev–Trinajstić information content (AvgIpc) is 2.41. The molecule has 1 atom stereocenters.